The highest BCUT2D eigenvalue weighted by atomic mass is 16.3. The molecule has 2 heteroatoms. The SMILES string of the molecule is CC(N=Cc1cc2ccc3cccc4ccc(c1O)c2c34)c1ccccc1. The van der Waals surface area contributed by atoms with Gasteiger partial charge in [0.25, 0.3) is 0 Å². The topological polar surface area (TPSA) is 32.6 Å². The minimum Gasteiger partial charge on any atom is -0.507 e. The molecular formula is C25H19NO. The highest BCUT2D eigenvalue weighted by molar-refractivity contribution is 6.25. The fraction of sp³-hybridized carbons (Fsp3) is 0.0800. The van der Waals surface area contributed by atoms with Gasteiger partial charge < -0.3 is 5.11 Å². The maximum atomic E-state index is 10.9. The molecule has 0 bridgehead atoms. The third-order valence-electron chi connectivity index (χ3n) is 5.37. The van der Waals surface area contributed by atoms with Crippen LogP contribution in [-0.2, 0) is 0 Å². The molecule has 130 valence electrons. The summed E-state index contributed by atoms with van der Waals surface area (Å²) in [5.41, 5.74) is 1.91. The lowest BCUT2D eigenvalue weighted by atomic mass is 9.92. The van der Waals surface area contributed by atoms with Gasteiger partial charge in [0, 0.05) is 22.6 Å². The summed E-state index contributed by atoms with van der Waals surface area (Å²) in [7, 11) is 0. The molecule has 5 rings (SSSR count). The molecule has 0 aliphatic heterocycles. The van der Waals surface area contributed by atoms with Crippen LogP contribution in [0.3, 0.4) is 0 Å². The summed E-state index contributed by atoms with van der Waals surface area (Å²) < 4.78 is 0. The summed E-state index contributed by atoms with van der Waals surface area (Å²) in [6.07, 6.45) is 1.79. The van der Waals surface area contributed by atoms with Crippen molar-refractivity contribution >= 4 is 38.5 Å². The van der Waals surface area contributed by atoms with Gasteiger partial charge >= 0.3 is 0 Å². The van der Waals surface area contributed by atoms with Crippen molar-refractivity contribution in [2.24, 2.45) is 4.99 Å². The Bertz CT molecular complexity index is 1270. The Hall–Kier alpha value is -3.39. The van der Waals surface area contributed by atoms with Crippen molar-refractivity contribution < 1.29 is 5.11 Å². The first-order valence-electron chi connectivity index (χ1n) is 9.20. The minimum atomic E-state index is 0.0383. The molecule has 0 aromatic heterocycles. The zero-order chi connectivity index (χ0) is 18.4. The summed E-state index contributed by atoms with van der Waals surface area (Å²) in [5, 5.41) is 17.7. The van der Waals surface area contributed by atoms with E-state index in [0.717, 1.165) is 27.3 Å². The molecule has 1 unspecified atom stereocenters. The predicted octanol–water partition coefficient (Wildman–Crippen LogP) is 6.47. The molecule has 0 aliphatic carbocycles. The van der Waals surface area contributed by atoms with E-state index in [1.54, 1.807) is 6.21 Å². The lowest BCUT2D eigenvalue weighted by molar-refractivity contribution is 0.481. The Morgan fingerprint density at radius 1 is 0.778 bits per heavy atom. The molecule has 2 nitrogen and oxygen atoms in total. The number of aromatic hydroxyl groups is 1. The van der Waals surface area contributed by atoms with Crippen LogP contribution in [0.15, 0.2) is 83.9 Å². The van der Waals surface area contributed by atoms with E-state index in [1.807, 2.05) is 30.3 Å². The highest BCUT2D eigenvalue weighted by Crippen LogP contribution is 2.39. The van der Waals surface area contributed by atoms with Gasteiger partial charge in [-0.2, -0.15) is 0 Å². The molecule has 0 aliphatic rings. The number of nitrogens with zero attached hydrogens (tertiary/aromatic N) is 1. The molecule has 0 radical (unpaired) electrons. The number of hydrogen-bond donors (Lipinski definition) is 1. The lowest BCUT2D eigenvalue weighted by Crippen LogP contribution is -1.93. The van der Waals surface area contributed by atoms with Crippen molar-refractivity contribution in [1.82, 2.24) is 0 Å². The minimum absolute atomic E-state index is 0.0383. The van der Waals surface area contributed by atoms with Crippen LogP contribution in [0.1, 0.15) is 24.1 Å². The Morgan fingerprint density at radius 3 is 2.26 bits per heavy atom. The molecule has 5 aromatic carbocycles. The van der Waals surface area contributed by atoms with Gasteiger partial charge in [-0.25, -0.2) is 0 Å². The first kappa shape index (κ1) is 15.8. The second-order valence-corrected chi connectivity index (χ2v) is 7.04. The van der Waals surface area contributed by atoms with Crippen molar-refractivity contribution in [2.75, 3.05) is 0 Å². The highest BCUT2D eigenvalue weighted by Gasteiger charge is 2.13. The maximum Gasteiger partial charge on any atom is 0.132 e. The van der Waals surface area contributed by atoms with Gasteiger partial charge in [0.1, 0.15) is 5.75 Å². The summed E-state index contributed by atoms with van der Waals surface area (Å²) >= 11 is 0. The Labute approximate surface area is 157 Å². The average Bonchev–Trinajstić information content (AvgIpc) is 2.72. The van der Waals surface area contributed by atoms with E-state index in [-0.39, 0.29) is 6.04 Å². The van der Waals surface area contributed by atoms with Crippen molar-refractivity contribution in [1.29, 1.82) is 0 Å². The van der Waals surface area contributed by atoms with Crippen LogP contribution in [0.25, 0.3) is 32.3 Å². The van der Waals surface area contributed by atoms with Gasteiger partial charge in [0.05, 0.1) is 6.04 Å². The number of rotatable bonds is 3. The standard InChI is InChI=1S/C25H19NO/c1-16(17-6-3-2-4-7-17)26-15-21-14-20-11-10-18-8-5-9-19-12-13-22(25(21)27)24(20)23(18)19/h2-16,27H,1H3. The molecule has 0 fully saturated rings. The van der Waals surface area contributed by atoms with Crippen LogP contribution < -0.4 is 0 Å². The van der Waals surface area contributed by atoms with E-state index < -0.39 is 0 Å². The fourth-order valence-corrected chi connectivity index (χ4v) is 3.93. The summed E-state index contributed by atoms with van der Waals surface area (Å²) in [5.74, 6) is 0.296. The molecule has 1 atom stereocenters. The first-order valence-corrected chi connectivity index (χ1v) is 9.20. The first-order chi connectivity index (χ1) is 13.2. The third-order valence-corrected chi connectivity index (χ3v) is 5.37. The smallest absolute Gasteiger partial charge is 0.132 e. The largest absolute Gasteiger partial charge is 0.507 e. The van der Waals surface area contributed by atoms with E-state index in [2.05, 4.69) is 60.4 Å². The molecule has 27 heavy (non-hydrogen) atoms. The zero-order valence-electron chi connectivity index (χ0n) is 15.1. The molecule has 0 spiro atoms. The lowest BCUT2D eigenvalue weighted by Gasteiger charge is -2.13. The van der Waals surface area contributed by atoms with E-state index in [1.165, 1.54) is 16.2 Å². The van der Waals surface area contributed by atoms with Gasteiger partial charge in [-0.1, -0.05) is 66.7 Å². The van der Waals surface area contributed by atoms with Gasteiger partial charge in [0.2, 0.25) is 0 Å². The van der Waals surface area contributed by atoms with Crippen LogP contribution in [0.5, 0.6) is 5.75 Å². The summed E-state index contributed by atoms with van der Waals surface area (Å²) in [6.45, 7) is 2.06. The van der Waals surface area contributed by atoms with Crippen molar-refractivity contribution in [3.63, 3.8) is 0 Å². The Kier molecular flexibility index (Phi) is 3.58. The van der Waals surface area contributed by atoms with E-state index in [4.69, 9.17) is 0 Å². The Balaban J connectivity index is 1.67. The second-order valence-electron chi connectivity index (χ2n) is 7.04. The second kappa shape index (κ2) is 6.10. The third kappa shape index (κ3) is 2.53. The fourth-order valence-electron chi connectivity index (χ4n) is 3.93. The van der Waals surface area contributed by atoms with Gasteiger partial charge in [0.15, 0.2) is 0 Å². The van der Waals surface area contributed by atoms with E-state index in [9.17, 15) is 5.11 Å². The van der Waals surface area contributed by atoms with Gasteiger partial charge in [-0.3, -0.25) is 4.99 Å². The molecule has 5 aromatic rings. The van der Waals surface area contributed by atoms with Crippen molar-refractivity contribution in [3.8, 4) is 5.75 Å². The maximum absolute atomic E-state index is 10.9. The van der Waals surface area contributed by atoms with Crippen molar-refractivity contribution in [3.05, 3.63) is 90.0 Å². The van der Waals surface area contributed by atoms with E-state index in [0.29, 0.717) is 5.75 Å². The number of phenolic OH excluding ortho intramolecular Hbond substituents is 1. The molecule has 0 saturated carbocycles. The van der Waals surface area contributed by atoms with Crippen LogP contribution in [0.2, 0.25) is 0 Å². The van der Waals surface area contributed by atoms with E-state index >= 15 is 0 Å². The van der Waals surface area contributed by atoms with Gasteiger partial charge in [-0.15, -0.1) is 0 Å². The van der Waals surface area contributed by atoms with Crippen LogP contribution >= 0.6 is 0 Å². The van der Waals surface area contributed by atoms with Crippen LogP contribution in [0.4, 0.5) is 0 Å². The quantitative estimate of drug-likeness (QED) is 0.294. The molecular weight excluding hydrogens is 330 g/mol. The summed E-state index contributed by atoms with van der Waals surface area (Å²) in [6, 6.07) is 26.9. The zero-order valence-corrected chi connectivity index (χ0v) is 15.1. The molecule has 0 heterocycles. The van der Waals surface area contributed by atoms with Crippen LogP contribution in [0, 0.1) is 0 Å². The van der Waals surface area contributed by atoms with Gasteiger partial charge in [-0.05, 0) is 46.2 Å². The van der Waals surface area contributed by atoms with Crippen LogP contribution in [-0.4, -0.2) is 11.3 Å². The number of hydrogen-bond acceptors (Lipinski definition) is 2. The Morgan fingerprint density at radius 2 is 1.48 bits per heavy atom. The van der Waals surface area contributed by atoms with Crippen molar-refractivity contribution in [2.45, 2.75) is 13.0 Å². The average molecular weight is 349 g/mol. The molecule has 0 saturated heterocycles. The number of aliphatic imine (C=N–C) groups is 1. The number of phenols is 1. The monoisotopic (exact) mass is 349 g/mol. The summed E-state index contributed by atoms with van der Waals surface area (Å²) in [4.78, 5) is 4.68. The number of benzene rings is 5. The normalized spacial score (nSPS) is 13.2. The molecule has 1 N–H and O–H groups in total. The predicted molar refractivity (Wildman–Crippen MR) is 114 cm³/mol. The molecule has 0 amide bonds.